The average molecular weight is 410 g/mol. The quantitative estimate of drug-likeness (QED) is 0.625. The minimum absolute atomic E-state index is 0.0812. The van der Waals surface area contributed by atoms with Crippen LogP contribution >= 0.6 is 0 Å². The average Bonchev–Trinajstić information content (AvgIpc) is 2.61. The lowest BCUT2D eigenvalue weighted by Crippen LogP contribution is -2.27. The summed E-state index contributed by atoms with van der Waals surface area (Å²) in [5.41, 5.74) is 4.01. The van der Waals surface area contributed by atoms with Crippen molar-refractivity contribution in [3.8, 4) is 11.1 Å². The number of benzene rings is 2. The number of hydrogen-bond donors (Lipinski definition) is 2. The first kappa shape index (κ1) is 21.6. The second-order valence-electron chi connectivity index (χ2n) is 6.27. The Morgan fingerprint density at radius 3 is 2.15 bits per heavy atom. The van der Waals surface area contributed by atoms with Gasteiger partial charge in [0.25, 0.3) is 0 Å². The zero-order chi connectivity index (χ0) is 19.9. The lowest BCUT2D eigenvalue weighted by Gasteiger charge is -2.08. The molecule has 2 N–H and O–H groups in total. The van der Waals surface area contributed by atoms with Crippen molar-refractivity contribution in [1.82, 2.24) is 9.44 Å². The third-order valence-corrected chi connectivity index (χ3v) is 6.16. The summed E-state index contributed by atoms with van der Waals surface area (Å²) in [4.78, 5) is 0. The molecule has 2 aromatic rings. The molecule has 0 aliphatic rings. The van der Waals surface area contributed by atoms with E-state index in [2.05, 4.69) is 15.5 Å². The van der Waals surface area contributed by atoms with Gasteiger partial charge in [-0.2, -0.15) is 0 Å². The van der Waals surface area contributed by atoms with Crippen LogP contribution in [0.1, 0.15) is 18.1 Å². The Labute approximate surface area is 162 Å². The smallest absolute Gasteiger partial charge is 0.211 e. The highest BCUT2D eigenvalue weighted by Crippen LogP contribution is 2.21. The van der Waals surface area contributed by atoms with Gasteiger partial charge in [0.15, 0.2) is 0 Å². The molecule has 0 unspecified atom stereocenters. The summed E-state index contributed by atoms with van der Waals surface area (Å²) < 4.78 is 50.2. The summed E-state index contributed by atoms with van der Waals surface area (Å²) >= 11 is 0. The van der Waals surface area contributed by atoms with Gasteiger partial charge in [0.2, 0.25) is 20.0 Å². The van der Waals surface area contributed by atoms with Gasteiger partial charge in [-0.3, -0.25) is 0 Å². The molecule has 2 rings (SSSR count). The molecule has 147 valence electrons. The van der Waals surface area contributed by atoms with E-state index in [1.807, 2.05) is 42.5 Å². The van der Waals surface area contributed by atoms with Crippen molar-refractivity contribution in [2.24, 2.45) is 0 Å². The van der Waals surface area contributed by atoms with Crippen molar-refractivity contribution in [2.75, 3.05) is 25.1 Å². The first-order chi connectivity index (χ1) is 12.7. The van der Waals surface area contributed by atoms with Crippen LogP contribution in [0.25, 0.3) is 11.1 Å². The van der Waals surface area contributed by atoms with Crippen molar-refractivity contribution in [1.29, 1.82) is 0 Å². The van der Waals surface area contributed by atoms with Gasteiger partial charge in [-0.15, -0.1) is 0 Å². The Morgan fingerprint density at radius 2 is 1.52 bits per heavy atom. The van der Waals surface area contributed by atoms with Crippen molar-refractivity contribution in [2.45, 2.75) is 19.8 Å². The minimum Gasteiger partial charge on any atom is -0.215 e. The van der Waals surface area contributed by atoms with Gasteiger partial charge in [-0.05, 0) is 48.1 Å². The zero-order valence-electron chi connectivity index (χ0n) is 15.5. The fraction of sp³-hybridized carbons (Fsp3) is 0.368. The van der Waals surface area contributed by atoms with Crippen LogP contribution in [0, 0.1) is 6.07 Å². The Bertz CT molecular complexity index is 953. The van der Waals surface area contributed by atoms with Gasteiger partial charge >= 0.3 is 0 Å². The van der Waals surface area contributed by atoms with Crippen molar-refractivity contribution in [3.05, 3.63) is 59.7 Å². The molecular formula is C19H25N2O4S2. The molecule has 0 aromatic heterocycles. The van der Waals surface area contributed by atoms with Gasteiger partial charge < -0.3 is 0 Å². The molecule has 6 nitrogen and oxygen atoms in total. The minimum atomic E-state index is -3.18. The first-order valence-electron chi connectivity index (χ1n) is 8.70. The number of nitrogens with one attached hydrogen (secondary N) is 2. The molecule has 1 radical (unpaired) electrons. The summed E-state index contributed by atoms with van der Waals surface area (Å²) in [6, 6.07) is 16.8. The van der Waals surface area contributed by atoms with E-state index in [9.17, 15) is 16.8 Å². The molecule has 0 heterocycles. The van der Waals surface area contributed by atoms with Gasteiger partial charge in [0.05, 0.1) is 12.0 Å². The van der Waals surface area contributed by atoms with Crippen LogP contribution in [0.2, 0.25) is 0 Å². The Kier molecular flexibility index (Phi) is 7.55. The number of rotatable bonds is 10. The standard InChI is InChI=1S/C19H25N2O4S2/c1-3-27(24,25)21-14-11-16-7-9-18(10-8-16)19-6-4-5-17(15-19)12-13-20-26(2,22)23/h4-5,7-10,15,20-21H,3,11-14H2,1-2H3. The molecule has 0 spiro atoms. The summed E-state index contributed by atoms with van der Waals surface area (Å²) in [6.07, 6.45) is 2.37. The number of hydrogen-bond acceptors (Lipinski definition) is 4. The molecule has 0 saturated heterocycles. The summed E-state index contributed by atoms with van der Waals surface area (Å²) in [5, 5.41) is 0. The van der Waals surface area contributed by atoms with E-state index < -0.39 is 20.0 Å². The molecule has 0 fully saturated rings. The molecule has 0 aliphatic heterocycles. The van der Waals surface area contributed by atoms with Crippen molar-refractivity contribution < 1.29 is 16.8 Å². The van der Waals surface area contributed by atoms with Crippen molar-refractivity contribution >= 4 is 20.0 Å². The van der Waals surface area contributed by atoms with Gasteiger partial charge in [0, 0.05) is 13.1 Å². The Balaban J connectivity index is 1.97. The molecule has 2 aromatic carbocycles. The van der Waals surface area contributed by atoms with Crippen LogP contribution < -0.4 is 9.44 Å². The van der Waals surface area contributed by atoms with Gasteiger partial charge in [-0.1, -0.05) is 42.5 Å². The van der Waals surface area contributed by atoms with E-state index in [1.54, 1.807) is 6.92 Å². The molecule has 0 bridgehead atoms. The van der Waals surface area contributed by atoms with Crippen LogP contribution in [0.5, 0.6) is 0 Å². The summed E-state index contributed by atoms with van der Waals surface area (Å²) in [5.74, 6) is 0.0812. The highest BCUT2D eigenvalue weighted by molar-refractivity contribution is 7.89. The third kappa shape index (κ3) is 7.80. The highest BCUT2D eigenvalue weighted by atomic mass is 32.2. The van der Waals surface area contributed by atoms with Crippen LogP contribution in [0.4, 0.5) is 0 Å². The molecule has 0 amide bonds. The second kappa shape index (κ2) is 9.45. The maximum atomic E-state index is 11.4. The fourth-order valence-corrected chi connectivity index (χ4v) is 3.61. The molecule has 0 aliphatic carbocycles. The van der Waals surface area contributed by atoms with Gasteiger partial charge in [-0.25, -0.2) is 26.3 Å². The Hall–Kier alpha value is -1.74. The topological polar surface area (TPSA) is 92.3 Å². The van der Waals surface area contributed by atoms with Crippen LogP contribution in [-0.2, 0) is 32.9 Å². The maximum Gasteiger partial charge on any atom is 0.211 e. The second-order valence-corrected chi connectivity index (χ2v) is 10.2. The lowest BCUT2D eigenvalue weighted by molar-refractivity contribution is 0.582. The SMILES string of the molecule is CCS(=O)(=O)NCCc1ccc(-c2[c]ccc(CCNS(C)(=O)=O)c2)cc1. The number of sulfonamides is 2. The molecular weight excluding hydrogens is 384 g/mol. The normalized spacial score (nSPS) is 12.2. The van der Waals surface area contributed by atoms with E-state index in [-0.39, 0.29) is 5.75 Å². The maximum absolute atomic E-state index is 11.4. The molecule has 27 heavy (non-hydrogen) atoms. The monoisotopic (exact) mass is 409 g/mol. The zero-order valence-corrected chi connectivity index (χ0v) is 17.2. The molecule has 0 atom stereocenters. The summed E-state index contributed by atoms with van der Waals surface area (Å²) in [6.45, 7) is 2.35. The van der Waals surface area contributed by atoms with E-state index >= 15 is 0 Å². The van der Waals surface area contributed by atoms with Crippen LogP contribution in [0.3, 0.4) is 0 Å². The molecule has 0 saturated carbocycles. The van der Waals surface area contributed by atoms with Crippen LogP contribution in [-0.4, -0.2) is 41.9 Å². The summed E-state index contributed by atoms with van der Waals surface area (Å²) in [7, 11) is -6.34. The largest absolute Gasteiger partial charge is 0.215 e. The lowest BCUT2D eigenvalue weighted by atomic mass is 10.00. The predicted octanol–water partition coefficient (Wildman–Crippen LogP) is 1.73. The highest BCUT2D eigenvalue weighted by Gasteiger charge is 2.06. The van der Waals surface area contributed by atoms with E-state index in [4.69, 9.17) is 0 Å². The Morgan fingerprint density at radius 1 is 0.889 bits per heavy atom. The fourth-order valence-electron chi connectivity index (χ4n) is 2.52. The van der Waals surface area contributed by atoms with E-state index in [0.717, 1.165) is 28.5 Å². The first-order valence-corrected chi connectivity index (χ1v) is 12.2. The van der Waals surface area contributed by atoms with Gasteiger partial charge in [0.1, 0.15) is 0 Å². The third-order valence-electron chi connectivity index (χ3n) is 4.02. The van der Waals surface area contributed by atoms with Crippen LogP contribution in [0.15, 0.2) is 42.5 Å². The van der Waals surface area contributed by atoms with E-state index in [1.165, 1.54) is 0 Å². The van der Waals surface area contributed by atoms with Crippen molar-refractivity contribution in [3.63, 3.8) is 0 Å². The predicted molar refractivity (Wildman–Crippen MR) is 108 cm³/mol. The van der Waals surface area contributed by atoms with E-state index in [0.29, 0.717) is 25.9 Å². The molecule has 8 heteroatoms.